The van der Waals surface area contributed by atoms with Crippen LogP contribution in [0.25, 0.3) is 10.9 Å². The summed E-state index contributed by atoms with van der Waals surface area (Å²) in [6.45, 7) is 3.60. The van der Waals surface area contributed by atoms with Gasteiger partial charge in [0.25, 0.3) is 5.91 Å². The third-order valence-corrected chi connectivity index (χ3v) is 5.82. The van der Waals surface area contributed by atoms with Gasteiger partial charge >= 0.3 is 0 Å². The van der Waals surface area contributed by atoms with Crippen molar-refractivity contribution in [3.05, 3.63) is 30.0 Å². The van der Waals surface area contributed by atoms with Gasteiger partial charge in [-0.05, 0) is 42.7 Å². The zero-order chi connectivity index (χ0) is 14.7. The molecule has 0 spiro atoms. The Morgan fingerprint density at radius 1 is 1.22 bits per heavy atom. The number of amides is 1. The van der Waals surface area contributed by atoms with Gasteiger partial charge in [-0.15, -0.1) is 12.4 Å². The molecular formula is C17H21ClN4O. The molecule has 23 heavy (non-hydrogen) atoms. The molecule has 4 heterocycles. The fraction of sp³-hybridized carbons (Fsp3) is 0.529. The van der Waals surface area contributed by atoms with Gasteiger partial charge in [0.2, 0.25) is 0 Å². The maximum absolute atomic E-state index is 12.8. The minimum absolute atomic E-state index is 0. The van der Waals surface area contributed by atoms with Crippen LogP contribution in [0.4, 0.5) is 0 Å². The highest BCUT2D eigenvalue weighted by atomic mass is 35.5. The summed E-state index contributed by atoms with van der Waals surface area (Å²) in [5.41, 5.74) is 1.66. The second-order valence-corrected chi connectivity index (χ2v) is 7.21. The standard InChI is InChI=1S/C17H20N4O.ClH/c22-17(13-2-1-3-15-14(13)6-18-20-15)19-16-11-4-10-5-12(16)9-21(7-10)8-11;/h1-3,6,10-12,16H,4-5,7-9H2,(H,18,20)(H,19,22);1H/t10?,11-,12-,16?;/m1./s1. The molecule has 2 N–H and O–H groups in total. The number of aromatic nitrogens is 2. The molecule has 4 aliphatic rings. The Morgan fingerprint density at radius 2 is 2.00 bits per heavy atom. The van der Waals surface area contributed by atoms with E-state index in [2.05, 4.69) is 20.4 Å². The number of carbonyl (C=O) groups is 1. The van der Waals surface area contributed by atoms with Crippen molar-refractivity contribution in [1.82, 2.24) is 20.4 Å². The summed E-state index contributed by atoms with van der Waals surface area (Å²) < 4.78 is 0. The molecule has 1 saturated carbocycles. The van der Waals surface area contributed by atoms with E-state index in [9.17, 15) is 4.79 Å². The summed E-state index contributed by atoms with van der Waals surface area (Å²) in [5.74, 6) is 2.19. The topological polar surface area (TPSA) is 61.0 Å². The molecule has 122 valence electrons. The van der Waals surface area contributed by atoms with Crippen LogP contribution in [0.1, 0.15) is 23.2 Å². The monoisotopic (exact) mass is 332 g/mol. The van der Waals surface area contributed by atoms with Crippen molar-refractivity contribution in [2.24, 2.45) is 17.8 Å². The summed E-state index contributed by atoms with van der Waals surface area (Å²) in [4.78, 5) is 15.4. The predicted molar refractivity (Wildman–Crippen MR) is 90.7 cm³/mol. The number of benzene rings is 1. The van der Waals surface area contributed by atoms with Gasteiger partial charge in [0, 0.05) is 31.1 Å². The quantitative estimate of drug-likeness (QED) is 0.885. The van der Waals surface area contributed by atoms with Gasteiger partial charge in [0.05, 0.1) is 17.3 Å². The lowest BCUT2D eigenvalue weighted by atomic mass is 9.65. The number of halogens is 1. The average Bonchev–Trinajstić information content (AvgIpc) is 2.98. The van der Waals surface area contributed by atoms with E-state index in [1.54, 1.807) is 6.20 Å². The van der Waals surface area contributed by atoms with Crippen LogP contribution < -0.4 is 5.32 Å². The number of hydrogen-bond donors (Lipinski definition) is 2. The van der Waals surface area contributed by atoms with Crippen LogP contribution in [-0.4, -0.2) is 46.7 Å². The van der Waals surface area contributed by atoms with Gasteiger partial charge in [-0.1, -0.05) is 6.07 Å². The number of rotatable bonds is 2. The molecule has 1 aromatic carbocycles. The number of H-pyrrole nitrogens is 1. The predicted octanol–water partition coefficient (Wildman–Crippen LogP) is 2.05. The molecule has 0 unspecified atom stereocenters. The number of hydrogen-bond acceptors (Lipinski definition) is 3. The number of piperidine rings is 3. The molecule has 3 aliphatic heterocycles. The van der Waals surface area contributed by atoms with Crippen LogP contribution in [0.15, 0.2) is 24.4 Å². The van der Waals surface area contributed by atoms with Crippen LogP contribution >= 0.6 is 12.4 Å². The number of aromatic amines is 1. The Balaban J connectivity index is 0.00000135. The number of fused-ring (bicyclic) bond motifs is 1. The van der Waals surface area contributed by atoms with Crippen LogP contribution in [-0.2, 0) is 0 Å². The number of nitrogens with one attached hydrogen (secondary N) is 2. The number of carbonyl (C=O) groups excluding carboxylic acids is 1. The Hall–Kier alpha value is -1.59. The van der Waals surface area contributed by atoms with E-state index in [0.717, 1.165) is 35.5 Å². The Labute approximate surface area is 141 Å². The van der Waals surface area contributed by atoms with Gasteiger partial charge in [0.15, 0.2) is 0 Å². The summed E-state index contributed by atoms with van der Waals surface area (Å²) in [5, 5.41) is 11.2. The van der Waals surface area contributed by atoms with E-state index in [1.165, 1.54) is 19.4 Å². The molecule has 1 amide bonds. The van der Waals surface area contributed by atoms with Gasteiger partial charge in [-0.25, -0.2) is 0 Å². The molecule has 5 nitrogen and oxygen atoms in total. The Bertz CT molecular complexity index is 715. The maximum Gasteiger partial charge on any atom is 0.252 e. The van der Waals surface area contributed by atoms with Gasteiger partial charge in [-0.2, -0.15) is 5.10 Å². The van der Waals surface area contributed by atoms with Gasteiger partial charge < -0.3 is 10.2 Å². The van der Waals surface area contributed by atoms with Crippen molar-refractivity contribution in [2.45, 2.75) is 18.9 Å². The highest BCUT2D eigenvalue weighted by molar-refractivity contribution is 6.06. The first-order valence-corrected chi connectivity index (χ1v) is 8.23. The third kappa shape index (κ3) is 2.34. The van der Waals surface area contributed by atoms with Crippen LogP contribution in [0, 0.1) is 17.8 Å². The molecule has 6 heteroatoms. The van der Waals surface area contributed by atoms with Gasteiger partial charge in [0.1, 0.15) is 0 Å². The average molecular weight is 333 g/mol. The van der Waals surface area contributed by atoms with Crippen molar-refractivity contribution in [3.8, 4) is 0 Å². The maximum atomic E-state index is 12.8. The Morgan fingerprint density at radius 3 is 2.74 bits per heavy atom. The van der Waals surface area contributed by atoms with Gasteiger partial charge in [-0.3, -0.25) is 9.89 Å². The summed E-state index contributed by atoms with van der Waals surface area (Å²) in [6, 6.07) is 6.11. The summed E-state index contributed by atoms with van der Waals surface area (Å²) in [7, 11) is 0. The van der Waals surface area contributed by atoms with E-state index in [4.69, 9.17) is 0 Å². The molecule has 0 radical (unpaired) electrons. The SMILES string of the molecule is Cl.O=C(NC1[C@@H]2CC3C[C@@H]1CN(C3)C2)c1cccc2[nH]ncc12. The fourth-order valence-corrected chi connectivity index (χ4v) is 5.04. The van der Waals surface area contributed by atoms with Crippen molar-refractivity contribution < 1.29 is 4.79 Å². The highest BCUT2D eigenvalue weighted by Gasteiger charge is 2.47. The first kappa shape index (κ1) is 15.0. The first-order valence-electron chi connectivity index (χ1n) is 8.23. The minimum Gasteiger partial charge on any atom is -0.349 e. The first-order chi connectivity index (χ1) is 10.8. The Kier molecular flexibility index (Phi) is 3.58. The molecule has 2 aromatic rings. The zero-order valence-electron chi connectivity index (χ0n) is 12.9. The number of nitrogens with zero attached hydrogens (tertiary/aromatic N) is 2. The fourth-order valence-electron chi connectivity index (χ4n) is 5.04. The van der Waals surface area contributed by atoms with E-state index >= 15 is 0 Å². The van der Waals surface area contributed by atoms with E-state index in [-0.39, 0.29) is 18.3 Å². The van der Waals surface area contributed by atoms with Crippen LogP contribution in [0.2, 0.25) is 0 Å². The van der Waals surface area contributed by atoms with Crippen LogP contribution in [0.5, 0.6) is 0 Å². The summed E-state index contributed by atoms with van der Waals surface area (Å²) >= 11 is 0. The largest absolute Gasteiger partial charge is 0.349 e. The lowest BCUT2D eigenvalue weighted by Gasteiger charge is -2.55. The smallest absolute Gasteiger partial charge is 0.252 e. The molecule has 4 fully saturated rings. The van der Waals surface area contributed by atoms with Crippen molar-refractivity contribution in [3.63, 3.8) is 0 Å². The van der Waals surface area contributed by atoms with Crippen LogP contribution in [0.3, 0.4) is 0 Å². The molecule has 1 aliphatic carbocycles. The molecule has 4 bridgehead atoms. The third-order valence-electron chi connectivity index (χ3n) is 5.82. The van der Waals surface area contributed by atoms with E-state index in [0.29, 0.717) is 17.9 Å². The molecule has 6 rings (SSSR count). The molecular weight excluding hydrogens is 312 g/mol. The lowest BCUT2D eigenvalue weighted by molar-refractivity contribution is -0.0418. The van der Waals surface area contributed by atoms with Crippen molar-refractivity contribution in [1.29, 1.82) is 0 Å². The van der Waals surface area contributed by atoms with Crippen molar-refractivity contribution in [2.75, 3.05) is 19.6 Å². The van der Waals surface area contributed by atoms with E-state index in [1.807, 2.05) is 18.2 Å². The lowest BCUT2D eigenvalue weighted by Crippen LogP contribution is -2.64. The molecule has 3 saturated heterocycles. The van der Waals surface area contributed by atoms with Crippen molar-refractivity contribution >= 4 is 29.2 Å². The minimum atomic E-state index is 0. The second kappa shape index (κ2) is 5.49. The highest BCUT2D eigenvalue weighted by Crippen LogP contribution is 2.43. The zero-order valence-corrected chi connectivity index (χ0v) is 13.7. The second-order valence-electron chi connectivity index (χ2n) is 7.21. The normalized spacial score (nSPS) is 34.3. The molecule has 2 atom stereocenters. The summed E-state index contributed by atoms with van der Waals surface area (Å²) in [6.07, 6.45) is 4.31. The molecule has 1 aromatic heterocycles. The van der Waals surface area contributed by atoms with E-state index < -0.39 is 0 Å².